The second-order valence-corrected chi connectivity index (χ2v) is 6.15. The summed E-state index contributed by atoms with van der Waals surface area (Å²) in [6.45, 7) is -3.08. The molecule has 1 unspecified atom stereocenters. The number of nitrogens with zero attached hydrogens (tertiary/aromatic N) is 2. The van der Waals surface area contributed by atoms with Crippen molar-refractivity contribution in [2.75, 3.05) is 5.32 Å². The number of nitrogens with one attached hydrogen (secondary N) is 1. The van der Waals surface area contributed by atoms with Crippen LogP contribution in [0.2, 0.25) is 5.15 Å². The Bertz CT molecular complexity index is 825. The molecule has 0 amide bonds. The quantitative estimate of drug-likeness (QED) is 0.270. The van der Waals surface area contributed by atoms with Crippen LogP contribution in [-0.4, -0.2) is 22.8 Å². The van der Waals surface area contributed by atoms with Crippen molar-refractivity contribution in [2.45, 2.75) is 19.1 Å². The van der Waals surface area contributed by atoms with E-state index >= 15 is 0 Å². The van der Waals surface area contributed by atoms with Crippen molar-refractivity contribution < 1.29 is 23.2 Å². The molecule has 2 rings (SSSR count). The Labute approximate surface area is 159 Å². The highest BCUT2D eigenvalue weighted by molar-refractivity contribution is 9.10. The molecule has 11 heteroatoms. The number of hydrogen-bond acceptors (Lipinski definition) is 6. The van der Waals surface area contributed by atoms with Crippen LogP contribution in [-0.2, 0) is 4.79 Å². The van der Waals surface area contributed by atoms with Crippen LogP contribution in [0, 0.1) is 10.1 Å². The molecule has 26 heavy (non-hydrogen) atoms. The van der Waals surface area contributed by atoms with Crippen LogP contribution in [0.5, 0.6) is 5.75 Å². The number of anilines is 1. The molecule has 2 aromatic rings. The molecular weight excluding hydrogens is 440 g/mol. The van der Waals surface area contributed by atoms with E-state index in [1.54, 1.807) is 6.07 Å². The standard InChI is InChI=1S/C15H11BrClF2N3O4/c16-8-2-1-3-12(26-15(18)19)14(8)9(4-5-23)21-10-6-13(17)20-7-11(10)22(24)25/h1-3,5-7,9,15H,4H2,(H,20,21). The van der Waals surface area contributed by atoms with Gasteiger partial charge in [0.05, 0.1) is 11.0 Å². The second kappa shape index (κ2) is 8.86. The number of aldehydes is 1. The molecule has 0 aliphatic heterocycles. The number of aromatic nitrogens is 1. The minimum atomic E-state index is -3.08. The van der Waals surface area contributed by atoms with E-state index in [-0.39, 0.29) is 34.3 Å². The van der Waals surface area contributed by atoms with Crippen LogP contribution < -0.4 is 10.1 Å². The van der Waals surface area contributed by atoms with Gasteiger partial charge in [0.15, 0.2) is 0 Å². The third-order valence-electron chi connectivity index (χ3n) is 3.29. The van der Waals surface area contributed by atoms with E-state index in [4.69, 9.17) is 11.6 Å². The highest BCUT2D eigenvalue weighted by Gasteiger charge is 2.24. The van der Waals surface area contributed by atoms with Gasteiger partial charge in [0, 0.05) is 22.5 Å². The van der Waals surface area contributed by atoms with Gasteiger partial charge in [0.25, 0.3) is 0 Å². The van der Waals surface area contributed by atoms with Crippen LogP contribution in [0.3, 0.4) is 0 Å². The van der Waals surface area contributed by atoms with Gasteiger partial charge in [-0.05, 0) is 12.1 Å². The zero-order valence-electron chi connectivity index (χ0n) is 12.9. The van der Waals surface area contributed by atoms with E-state index in [1.807, 2.05) is 0 Å². The van der Waals surface area contributed by atoms with Crippen molar-refractivity contribution in [1.82, 2.24) is 4.98 Å². The van der Waals surface area contributed by atoms with E-state index in [0.29, 0.717) is 10.8 Å². The average molecular weight is 451 g/mol. The predicted molar refractivity (Wildman–Crippen MR) is 93.7 cm³/mol. The molecule has 0 saturated heterocycles. The molecule has 138 valence electrons. The minimum absolute atomic E-state index is 0.0133. The van der Waals surface area contributed by atoms with Crippen molar-refractivity contribution >= 4 is 45.2 Å². The third-order valence-corrected chi connectivity index (χ3v) is 4.18. The van der Waals surface area contributed by atoms with Crippen molar-refractivity contribution in [3.05, 3.63) is 55.8 Å². The molecule has 0 spiro atoms. The first-order chi connectivity index (χ1) is 12.3. The normalized spacial score (nSPS) is 11.9. The summed E-state index contributed by atoms with van der Waals surface area (Å²) in [7, 11) is 0. The van der Waals surface area contributed by atoms with Crippen molar-refractivity contribution in [3.63, 3.8) is 0 Å². The molecule has 0 saturated carbocycles. The molecule has 1 atom stereocenters. The number of pyridine rings is 1. The van der Waals surface area contributed by atoms with Gasteiger partial charge >= 0.3 is 12.3 Å². The van der Waals surface area contributed by atoms with Crippen molar-refractivity contribution in [2.24, 2.45) is 0 Å². The minimum Gasteiger partial charge on any atom is -0.434 e. The van der Waals surface area contributed by atoms with Gasteiger partial charge in [-0.2, -0.15) is 8.78 Å². The maximum absolute atomic E-state index is 12.7. The zero-order valence-corrected chi connectivity index (χ0v) is 15.2. The largest absolute Gasteiger partial charge is 0.434 e. The van der Waals surface area contributed by atoms with E-state index in [0.717, 1.165) is 6.20 Å². The van der Waals surface area contributed by atoms with Crippen LogP contribution in [0.1, 0.15) is 18.0 Å². The van der Waals surface area contributed by atoms with Gasteiger partial charge in [0.2, 0.25) is 0 Å². The fraction of sp³-hybridized carbons (Fsp3) is 0.200. The number of carbonyl (C=O) groups excluding carboxylic acids is 1. The summed E-state index contributed by atoms with van der Waals surface area (Å²) in [5, 5.41) is 13.9. The van der Waals surface area contributed by atoms with E-state index < -0.39 is 17.6 Å². The Balaban J connectivity index is 2.50. The molecule has 1 aromatic heterocycles. The van der Waals surface area contributed by atoms with Crippen molar-refractivity contribution in [3.8, 4) is 5.75 Å². The number of carbonyl (C=O) groups is 1. The van der Waals surface area contributed by atoms with E-state index in [9.17, 15) is 23.7 Å². The summed E-state index contributed by atoms with van der Waals surface area (Å²) >= 11 is 9.01. The first-order valence-corrected chi connectivity index (χ1v) is 8.24. The van der Waals surface area contributed by atoms with Crippen LogP contribution in [0.25, 0.3) is 0 Å². The Morgan fingerprint density at radius 3 is 2.81 bits per heavy atom. The highest BCUT2D eigenvalue weighted by atomic mass is 79.9. The van der Waals surface area contributed by atoms with Crippen LogP contribution in [0.15, 0.2) is 34.9 Å². The summed E-state index contributed by atoms with van der Waals surface area (Å²) < 4.78 is 30.3. The SMILES string of the molecule is O=CCC(Nc1cc(Cl)ncc1[N+](=O)[O-])c1c(Br)cccc1OC(F)F. The Hall–Kier alpha value is -2.33. The number of rotatable bonds is 8. The number of hydrogen-bond donors (Lipinski definition) is 1. The zero-order chi connectivity index (χ0) is 19.3. The summed E-state index contributed by atoms with van der Waals surface area (Å²) in [4.78, 5) is 25.2. The highest BCUT2D eigenvalue weighted by Crippen LogP contribution is 2.38. The molecule has 0 aliphatic rings. The second-order valence-electron chi connectivity index (χ2n) is 4.91. The average Bonchev–Trinajstić information content (AvgIpc) is 2.54. The molecule has 7 nitrogen and oxygen atoms in total. The lowest BCUT2D eigenvalue weighted by molar-refractivity contribution is -0.384. The lowest BCUT2D eigenvalue weighted by atomic mass is 10.0. The van der Waals surface area contributed by atoms with Crippen molar-refractivity contribution in [1.29, 1.82) is 0 Å². The number of nitro groups is 1. The molecule has 1 N–H and O–H groups in total. The number of benzene rings is 1. The number of alkyl halides is 2. The van der Waals surface area contributed by atoms with E-state index in [2.05, 4.69) is 31.0 Å². The van der Waals surface area contributed by atoms with E-state index in [1.165, 1.54) is 18.2 Å². The molecule has 1 aromatic carbocycles. The lowest BCUT2D eigenvalue weighted by Crippen LogP contribution is -2.16. The Kier molecular flexibility index (Phi) is 6.81. The summed E-state index contributed by atoms with van der Waals surface area (Å²) in [6.07, 6.45) is 1.34. The van der Waals surface area contributed by atoms with Crippen LogP contribution >= 0.6 is 27.5 Å². The monoisotopic (exact) mass is 449 g/mol. The Morgan fingerprint density at radius 2 is 2.19 bits per heavy atom. The van der Waals surface area contributed by atoms with Gasteiger partial charge in [-0.25, -0.2) is 4.98 Å². The molecule has 0 fully saturated rings. The molecule has 0 aliphatic carbocycles. The first-order valence-electron chi connectivity index (χ1n) is 7.06. The fourth-order valence-electron chi connectivity index (χ4n) is 2.27. The summed E-state index contributed by atoms with van der Waals surface area (Å²) in [5.74, 6) is -0.170. The smallest absolute Gasteiger partial charge is 0.387 e. The molecule has 1 heterocycles. The van der Waals surface area contributed by atoms with Gasteiger partial charge in [0.1, 0.15) is 29.1 Å². The molecule has 0 radical (unpaired) electrons. The van der Waals surface area contributed by atoms with Gasteiger partial charge < -0.3 is 14.8 Å². The fourth-order valence-corrected chi connectivity index (χ4v) is 3.05. The summed E-state index contributed by atoms with van der Waals surface area (Å²) in [6, 6.07) is 4.67. The lowest BCUT2D eigenvalue weighted by Gasteiger charge is -2.22. The molecule has 0 bridgehead atoms. The number of halogens is 4. The number of ether oxygens (including phenoxy) is 1. The predicted octanol–water partition coefficient (Wildman–Crippen LogP) is 4.75. The summed E-state index contributed by atoms with van der Waals surface area (Å²) in [5.41, 5.74) is -0.184. The van der Waals surface area contributed by atoms with Crippen LogP contribution in [0.4, 0.5) is 20.2 Å². The topological polar surface area (TPSA) is 94.4 Å². The molecular formula is C15H11BrClF2N3O4. The first kappa shape index (κ1) is 20.0. The van der Waals surface area contributed by atoms with Gasteiger partial charge in [-0.15, -0.1) is 0 Å². The van der Waals surface area contributed by atoms with Gasteiger partial charge in [-0.3, -0.25) is 10.1 Å². The maximum Gasteiger partial charge on any atom is 0.387 e. The maximum atomic E-state index is 12.7. The van der Waals surface area contributed by atoms with Gasteiger partial charge in [-0.1, -0.05) is 33.6 Å². The Morgan fingerprint density at radius 1 is 1.46 bits per heavy atom. The third kappa shape index (κ3) is 4.85.